The van der Waals surface area contributed by atoms with Gasteiger partial charge in [0.05, 0.1) is 6.10 Å². The van der Waals surface area contributed by atoms with Crippen molar-refractivity contribution in [3.05, 3.63) is 33.8 Å². The van der Waals surface area contributed by atoms with Crippen LogP contribution >= 0.6 is 23.2 Å². The average molecular weight is 304 g/mol. The minimum absolute atomic E-state index is 0.232. The second kappa shape index (κ2) is 8.80. The third-order valence-electron chi connectivity index (χ3n) is 2.90. The number of unbranched alkanes of at least 4 members (excludes halogenated alkanes) is 1. The maximum Gasteiger partial charge on any atom is 0.0518 e. The van der Waals surface area contributed by atoms with E-state index in [1.165, 1.54) is 0 Å². The van der Waals surface area contributed by atoms with Gasteiger partial charge in [0.1, 0.15) is 0 Å². The molecule has 19 heavy (non-hydrogen) atoms. The van der Waals surface area contributed by atoms with Crippen LogP contribution in [-0.4, -0.2) is 19.3 Å². The van der Waals surface area contributed by atoms with Gasteiger partial charge < -0.3 is 10.1 Å². The summed E-state index contributed by atoms with van der Waals surface area (Å²) < 4.78 is 5.50. The Morgan fingerprint density at radius 3 is 2.53 bits per heavy atom. The van der Waals surface area contributed by atoms with Crippen LogP contribution in [0.25, 0.3) is 0 Å². The van der Waals surface area contributed by atoms with E-state index in [1.54, 1.807) is 6.07 Å². The van der Waals surface area contributed by atoms with E-state index in [4.69, 9.17) is 27.9 Å². The topological polar surface area (TPSA) is 21.3 Å². The van der Waals surface area contributed by atoms with Gasteiger partial charge in [-0.15, -0.1) is 0 Å². The fourth-order valence-electron chi connectivity index (χ4n) is 1.83. The van der Waals surface area contributed by atoms with Gasteiger partial charge in [-0.3, -0.25) is 0 Å². The Morgan fingerprint density at radius 1 is 1.16 bits per heavy atom. The molecule has 1 atom stereocenters. The molecule has 1 unspecified atom stereocenters. The van der Waals surface area contributed by atoms with Crippen molar-refractivity contribution in [2.45, 2.75) is 45.8 Å². The molecule has 0 saturated heterocycles. The van der Waals surface area contributed by atoms with Crippen molar-refractivity contribution in [2.24, 2.45) is 0 Å². The lowest BCUT2D eigenvalue weighted by Crippen LogP contribution is -2.20. The SMILES string of the molecule is CC(C)OCCCCNC(C)c1ccc(Cl)cc1Cl. The van der Waals surface area contributed by atoms with Crippen LogP contribution in [0.1, 0.15) is 45.2 Å². The van der Waals surface area contributed by atoms with Crippen LogP contribution < -0.4 is 5.32 Å². The van der Waals surface area contributed by atoms with Gasteiger partial charge in [0, 0.05) is 22.7 Å². The minimum Gasteiger partial charge on any atom is -0.379 e. The zero-order chi connectivity index (χ0) is 14.3. The molecule has 0 amide bonds. The van der Waals surface area contributed by atoms with Crippen LogP contribution in [0.3, 0.4) is 0 Å². The monoisotopic (exact) mass is 303 g/mol. The second-order valence-corrected chi connectivity index (χ2v) is 5.81. The van der Waals surface area contributed by atoms with Crippen molar-refractivity contribution in [2.75, 3.05) is 13.2 Å². The van der Waals surface area contributed by atoms with Gasteiger partial charge in [0.2, 0.25) is 0 Å². The summed E-state index contributed by atoms with van der Waals surface area (Å²) in [5.74, 6) is 0. The molecule has 1 aromatic carbocycles. The highest BCUT2D eigenvalue weighted by molar-refractivity contribution is 6.35. The Hall–Kier alpha value is -0.280. The first-order valence-electron chi connectivity index (χ1n) is 6.80. The van der Waals surface area contributed by atoms with Crippen molar-refractivity contribution in [3.63, 3.8) is 0 Å². The van der Waals surface area contributed by atoms with E-state index >= 15 is 0 Å². The predicted octanol–water partition coefficient (Wildman–Crippen LogP) is 4.85. The highest BCUT2D eigenvalue weighted by Crippen LogP contribution is 2.25. The summed E-state index contributed by atoms with van der Waals surface area (Å²) in [6.07, 6.45) is 2.49. The van der Waals surface area contributed by atoms with Crippen molar-refractivity contribution in [1.82, 2.24) is 5.32 Å². The zero-order valence-electron chi connectivity index (χ0n) is 11.9. The lowest BCUT2D eigenvalue weighted by Gasteiger charge is -2.16. The molecular formula is C15H23Cl2NO. The molecule has 1 N–H and O–H groups in total. The quantitative estimate of drug-likeness (QED) is 0.693. The Bertz CT molecular complexity index is 382. The number of nitrogens with one attached hydrogen (secondary N) is 1. The van der Waals surface area contributed by atoms with Crippen LogP contribution in [0, 0.1) is 0 Å². The first kappa shape index (κ1) is 16.8. The minimum atomic E-state index is 0.232. The number of benzene rings is 1. The summed E-state index contributed by atoms with van der Waals surface area (Å²) in [6.45, 7) is 8.02. The highest BCUT2D eigenvalue weighted by Gasteiger charge is 2.09. The van der Waals surface area contributed by atoms with E-state index in [2.05, 4.69) is 26.1 Å². The molecule has 0 saturated carbocycles. The second-order valence-electron chi connectivity index (χ2n) is 4.97. The van der Waals surface area contributed by atoms with Crippen molar-refractivity contribution in [3.8, 4) is 0 Å². The molecular weight excluding hydrogens is 281 g/mol. The molecule has 0 fully saturated rings. The summed E-state index contributed by atoms with van der Waals surface area (Å²) in [7, 11) is 0. The molecule has 1 aromatic rings. The summed E-state index contributed by atoms with van der Waals surface area (Å²) in [5.41, 5.74) is 1.09. The molecule has 0 bridgehead atoms. The number of rotatable bonds is 8. The molecule has 0 radical (unpaired) electrons. The largest absolute Gasteiger partial charge is 0.379 e. The van der Waals surface area contributed by atoms with Gasteiger partial charge in [0.15, 0.2) is 0 Å². The van der Waals surface area contributed by atoms with Crippen LogP contribution in [-0.2, 0) is 4.74 Å². The Balaban J connectivity index is 2.25. The smallest absolute Gasteiger partial charge is 0.0518 e. The first-order valence-corrected chi connectivity index (χ1v) is 7.56. The molecule has 0 aliphatic carbocycles. The van der Waals surface area contributed by atoms with Crippen LogP contribution in [0.15, 0.2) is 18.2 Å². The van der Waals surface area contributed by atoms with Crippen LogP contribution in [0.4, 0.5) is 0 Å². The lowest BCUT2D eigenvalue weighted by atomic mass is 10.1. The zero-order valence-corrected chi connectivity index (χ0v) is 13.4. The summed E-state index contributed by atoms with van der Waals surface area (Å²) in [4.78, 5) is 0. The Labute approximate surface area is 126 Å². The highest BCUT2D eigenvalue weighted by atomic mass is 35.5. The number of halogens is 2. The van der Waals surface area contributed by atoms with Gasteiger partial charge in [0.25, 0.3) is 0 Å². The van der Waals surface area contributed by atoms with E-state index in [0.717, 1.165) is 36.6 Å². The number of hydrogen-bond acceptors (Lipinski definition) is 2. The van der Waals surface area contributed by atoms with Gasteiger partial charge in [-0.25, -0.2) is 0 Å². The average Bonchev–Trinajstić information content (AvgIpc) is 2.32. The third-order valence-corrected chi connectivity index (χ3v) is 3.46. The number of ether oxygens (including phenoxy) is 1. The summed E-state index contributed by atoms with van der Waals surface area (Å²) in [5, 5.41) is 4.86. The van der Waals surface area contributed by atoms with E-state index in [1.807, 2.05) is 12.1 Å². The van der Waals surface area contributed by atoms with E-state index in [-0.39, 0.29) is 6.04 Å². The van der Waals surface area contributed by atoms with Crippen molar-refractivity contribution >= 4 is 23.2 Å². The third kappa shape index (κ3) is 6.62. The molecule has 0 aliphatic rings. The van der Waals surface area contributed by atoms with Gasteiger partial charge in [-0.1, -0.05) is 29.3 Å². The van der Waals surface area contributed by atoms with Crippen molar-refractivity contribution < 1.29 is 4.74 Å². The lowest BCUT2D eigenvalue weighted by molar-refractivity contribution is 0.0759. The van der Waals surface area contributed by atoms with E-state index in [9.17, 15) is 0 Å². The molecule has 108 valence electrons. The van der Waals surface area contributed by atoms with Crippen molar-refractivity contribution in [1.29, 1.82) is 0 Å². The predicted molar refractivity (Wildman–Crippen MR) is 83.2 cm³/mol. The number of hydrogen-bond donors (Lipinski definition) is 1. The molecule has 1 rings (SSSR count). The van der Waals surface area contributed by atoms with Crippen LogP contribution in [0.5, 0.6) is 0 Å². The summed E-state index contributed by atoms with van der Waals surface area (Å²) in [6, 6.07) is 5.87. The maximum absolute atomic E-state index is 6.18. The van der Waals surface area contributed by atoms with Crippen LogP contribution in [0.2, 0.25) is 10.0 Å². The summed E-state index contributed by atoms with van der Waals surface area (Å²) >= 11 is 12.1. The molecule has 0 aromatic heterocycles. The van der Waals surface area contributed by atoms with E-state index < -0.39 is 0 Å². The standard InChI is InChI=1S/C15H23Cl2NO/c1-11(2)19-9-5-4-8-18-12(3)14-7-6-13(16)10-15(14)17/h6-7,10-12,18H,4-5,8-9H2,1-3H3. The molecule has 4 heteroatoms. The van der Waals surface area contributed by atoms with Gasteiger partial charge in [-0.05, 0) is 57.9 Å². The fourth-order valence-corrected chi connectivity index (χ4v) is 2.40. The van der Waals surface area contributed by atoms with Gasteiger partial charge >= 0.3 is 0 Å². The normalized spacial score (nSPS) is 12.9. The molecule has 0 aliphatic heterocycles. The molecule has 0 heterocycles. The molecule has 0 spiro atoms. The fraction of sp³-hybridized carbons (Fsp3) is 0.600. The maximum atomic E-state index is 6.18. The Kier molecular flexibility index (Phi) is 7.77. The molecule has 2 nitrogen and oxygen atoms in total. The first-order chi connectivity index (χ1) is 9.00. The Morgan fingerprint density at radius 2 is 1.89 bits per heavy atom. The van der Waals surface area contributed by atoms with Gasteiger partial charge in [-0.2, -0.15) is 0 Å². The van der Waals surface area contributed by atoms with E-state index in [0.29, 0.717) is 11.1 Å².